The molecule has 1 heterocycles. The molecule has 3 aromatic carbocycles. The largest absolute Gasteiger partial charge is 0.507 e. The van der Waals surface area contributed by atoms with Crippen LogP contribution in [0.15, 0.2) is 78.4 Å². The van der Waals surface area contributed by atoms with Crippen molar-refractivity contribution in [3.63, 3.8) is 0 Å². The highest BCUT2D eigenvalue weighted by Gasteiger charge is 2.47. The van der Waals surface area contributed by atoms with Crippen LogP contribution in [0.4, 0.5) is 5.69 Å². The highest BCUT2D eigenvalue weighted by Crippen LogP contribution is 2.42. The van der Waals surface area contributed by atoms with Crippen molar-refractivity contribution in [3.8, 4) is 11.5 Å². The Bertz CT molecular complexity index is 1340. The smallest absolute Gasteiger partial charge is 0.337 e. The number of ketones is 1. The number of carbonyl (C=O) groups excluding carboxylic acids is 3. The number of hydrogen-bond donors (Lipinski definition) is 1. The first-order valence-electron chi connectivity index (χ1n) is 11.8. The van der Waals surface area contributed by atoms with Gasteiger partial charge in [0.05, 0.1) is 38.0 Å². The van der Waals surface area contributed by atoms with E-state index in [-0.39, 0.29) is 11.3 Å². The number of aliphatic hydroxyl groups is 1. The Labute approximate surface area is 214 Å². The van der Waals surface area contributed by atoms with Gasteiger partial charge in [0.1, 0.15) is 17.3 Å². The molecule has 1 aliphatic rings. The first-order chi connectivity index (χ1) is 17.9. The van der Waals surface area contributed by atoms with Crippen molar-refractivity contribution in [1.82, 2.24) is 0 Å². The van der Waals surface area contributed by atoms with Crippen LogP contribution in [0, 0.1) is 0 Å². The number of aliphatic hydroxyl groups excluding tert-OH is 1. The minimum atomic E-state index is -0.921. The first-order valence-corrected chi connectivity index (χ1v) is 11.8. The van der Waals surface area contributed by atoms with Gasteiger partial charge >= 0.3 is 5.97 Å². The Morgan fingerprint density at radius 2 is 1.62 bits per heavy atom. The lowest BCUT2D eigenvalue weighted by Gasteiger charge is -2.25. The highest BCUT2D eigenvalue weighted by atomic mass is 16.5. The molecule has 1 fully saturated rings. The van der Waals surface area contributed by atoms with Crippen molar-refractivity contribution >= 4 is 29.1 Å². The normalized spacial score (nSPS) is 16.5. The zero-order valence-corrected chi connectivity index (χ0v) is 20.8. The van der Waals surface area contributed by atoms with E-state index in [2.05, 4.69) is 0 Å². The maximum Gasteiger partial charge on any atom is 0.337 e. The summed E-state index contributed by atoms with van der Waals surface area (Å²) in [5.41, 5.74) is 1.57. The summed E-state index contributed by atoms with van der Waals surface area (Å²) in [5, 5.41) is 11.3. The van der Waals surface area contributed by atoms with E-state index in [0.717, 1.165) is 6.42 Å². The lowest BCUT2D eigenvalue weighted by Crippen LogP contribution is -2.29. The number of rotatable bonds is 8. The average molecular weight is 502 g/mol. The van der Waals surface area contributed by atoms with Crippen LogP contribution in [0.1, 0.15) is 40.9 Å². The van der Waals surface area contributed by atoms with Gasteiger partial charge in [-0.25, -0.2) is 4.79 Å². The molecule has 0 spiro atoms. The Morgan fingerprint density at radius 1 is 0.919 bits per heavy atom. The van der Waals surface area contributed by atoms with Gasteiger partial charge in [-0.3, -0.25) is 14.5 Å². The third kappa shape index (κ3) is 5.04. The van der Waals surface area contributed by atoms with E-state index in [1.165, 1.54) is 31.3 Å². The molecule has 1 atom stereocenters. The van der Waals surface area contributed by atoms with E-state index in [9.17, 15) is 19.5 Å². The standard InChI is InChI=1S/C29H27NO7/c1-4-16-37-23-7-5-6-20(17-23)26(31)24-25(18-10-14-22(35-2)15-11-18)30(28(33)27(24)32)21-12-8-19(9-13-21)29(34)36-3/h5-15,17,25,31H,4,16H2,1-3H3/b26-24+. The minimum Gasteiger partial charge on any atom is -0.507 e. The van der Waals surface area contributed by atoms with Crippen molar-refractivity contribution in [2.75, 3.05) is 25.7 Å². The van der Waals surface area contributed by atoms with Crippen LogP contribution < -0.4 is 14.4 Å². The molecule has 1 saturated heterocycles. The summed E-state index contributed by atoms with van der Waals surface area (Å²) in [6.45, 7) is 2.49. The van der Waals surface area contributed by atoms with Gasteiger partial charge < -0.3 is 19.3 Å². The molecule has 190 valence electrons. The van der Waals surface area contributed by atoms with Crippen LogP contribution in [-0.2, 0) is 14.3 Å². The molecule has 1 unspecified atom stereocenters. The van der Waals surface area contributed by atoms with Crippen molar-refractivity contribution < 1.29 is 33.7 Å². The third-order valence-corrected chi connectivity index (χ3v) is 6.02. The fourth-order valence-electron chi connectivity index (χ4n) is 4.18. The fraction of sp³-hybridized carbons (Fsp3) is 0.207. The molecule has 1 amide bonds. The molecule has 8 nitrogen and oxygen atoms in total. The number of esters is 1. The van der Waals surface area contributed by atoms with Gasteiger partial charge in [-0.2, -0.15) is 0 Å². The van der Waals surface area contributed by atoms with Crippen LogP contribution in [0.25, 0.3) is 5.76 Å². The summed E-state index contributed by atoms with van der Waals surface area (Å²) in [4.78, 5) is 39.9. The number of methoxy groups -OCH3 is 2. The molecule has 0 radical (unpaired) electrons. The summed E-state index contributed by atoms with van der Waals surface area (Å²) in [6.07, 6.45) is 0.813. The molecular weight excluding hydrogens is 474 g/mol. The van der Waals surface area contributed by atoms with Gasteiger partial charge in [0.15, 0.2) is 0 Å². The third-order valence-electron chi connectivity index (χ3n) is 6.02. The second-order valence-electron chi connectivity index (χ2n) is 8.36. The van der Waals surface area contributed by atoms with Crippen LogP contribution in [0.5, 0.6) is 11.5 Å². The Hall–Kier alpha value is -4.59. The van der Waals surface area contributed by atoms with E-state index in [1.807, 2.05) is 6.92 Å². The molecule has 3 aromatic rings. The van der Waals surface area contributed by atoms with Gasteiger partial charge in [-0.1, -0.05) is 31.2 Å². The van der Waals surface area contributed by atoms with Crippen molar-refractivity contribution in [3.05, 3.63) is 95.1 Å². The van der Waals surface area contributed by atoms with Gasteiger partial charge in [-0.15, -0.1) is 0 Å². The Balaban J connectivity index is 1.85. The second kappa shape index (κ2) is 11.0. The monoisotopic (exact) mass is 501 g/mol. The van der Waals surface area contributed by atoms with E-state index in [4.69, 9.17) is 14.2 Å². The van der Waals surface area contributed by atoms with Crippen molar-refractivity contribution in [2.45, 2.75) is 19.4 Å². The number of Topliss-reactive ketones (excluding diaryl/α,β-unsaturated/α-hetero) is 1. The molecular formula is C29H27NO7. The number of benzene rings is 3. The second-order valence-corrected chi connectivity index (χ2v) is 8.36. The quantitative estimate of drug-likeness (QED) is 0.203. The molecule has 8 heteroatoms. The molecule has 37 heavy (non-hydrogen) atoms. The van der Waals surface area contributed by atoms with E-state index in [1.54, 1.807) is 60.7 Å². The zero-order chi connectivity index (χ0) is 26.5. The molecule has 1 N–H and O–H groups in total. The van der Waals surface area contributed by atoms with Crippen LogP contribution in [0.3, 0.4) is 0 Å². The lowest BCUT2D eigenvalue weighted by molar-refractivity contribution is -0.132. The summed E-state index contributed by atoms with van der Waals surface area (Å²) in [6, 6.07) is 18.9. The van der Waals surface area contributed by atoms with E-state index in [0.29, 0.717) is 40.5 Å². The highest BCUT2D eigenvalue weighted by molar-refractivity contribution is 6.51. The summed E-state index contributed by atoms with van der Waals surface area (Å²) < 4.78 is 15.7. The number of carbonyl (C=O) groups is 3. The molecule has 1 aliphatic heterocycles. The number of nitrogens with zero attached hydrogens (tertiary/aromatic N) is 1. The molecule has 0 bridgehead atoms. The average Bonchev–Trinajstić information content (AvgIpc) is 3.21. The van der Waals surface area contributed by atoms with Crippen LogP contribution in [0.2, 0.25) is 0 Å². The topological polar surface area (TPSA) is 102 Å². The van der Waals surface area contributed by atoms with E-state index < -0.39 is 23.7 Å². The van der Waals surface area contributed by atoms with Gasteiger partial charge in [0.2, 0.25) is 0 Å². The maximum absolute atomic E-state index is 13.3. The van der Waals surface area contributed by atoms with E-state index >= 15 is 0 Å². The van der Waals surface area contributed by atoms with Gasteiger partial charge in [0, 0.05) is 11.3 Å². The SMILES string of the molecule is CCCOc1cccc(/C(O)=C2\C(=O)C(=O)N(c3ccc(C(=O)OC)cc3)C2c2ccc(OC)cc2)c1. The molecule has 0 saturated carbocycles. The van der Waals surface area contributed by atoms with Gasteiger partial charge in [-0.05, 0) is 60.5 Å². The Morgan fingerprint density at radius 3 is 2.24 bits per heavy atom. The number of amides is 1. The number of anilines is 1. The summed E-state index contributed by atoms with van der Waals surface area (Å²) >= 11 is 0. The lowest BCUT2D eigenvalue weighted by atomic mass is 9.95. The van der Waals surface area contributed by atoms with Crippen LogP contribution in [-0.4, -0.2) is 43.6 Å². The van der Waals surface area contributed by atoms with Gasteiger partial charge in [0.25, 0.3) is 11.7 Å². The number of hydrogen-bond acceptors (Lipinski definition) is 7. The molecule has 0 aromatic heterocycles. The first kappa shape index (κ1) is 25.5. The minimum absolute atomic E-state index is 0.0557. The summed E-state index contributed by atoms with van der Waals surface area (Å²) in [5.74, 6) is -1.31. The number of ether oxygens (including phenoxy) is 3. The summed E-state index contributed by atoms with van der Waals surface area (Å²) in [7, 11) is 2.82. The Kier molecular flexibility index (Phi) is 7.57. The molecule has 4 rings (SSSR count). The molecule has 0 aliphatic carbocycles. The predicted molar refractivity (Wildman–Crippen MR) is 138 cm³/mol. The zero-order valence-electron chi connectivity index (χ0n) is 20.8. The van der Waals surface area contributed by atoms with Crippen molar-refractivity contribution in [1.29, 1.82) is 0 Å². The van der Waals surface area contributed by atoms with Crippen molar-refractivity contribution in [2.24, 2.45) is 0 Å². The van der Waals surface area contributed by atoms with Crippen LogP contribution >= 0.6 is 0 Å². The predicted octanol–water partition coefficient (Wildman–Crippen LogP) is 4.90. The fourth-order valence-corrected chi connectivity index (χ4v) is 4.18. The maximum atomic E-state index is 13.3.